The summed E-state index contributed by atoms with van der Waals surface area (Å²) < 4.78 is 7.48. The third-order valence-electron chi connectivity index (χ3n) is 3.59. The standard InChI is InChI=1S/C14H23BrOSi.C2H6/c1-10-8-12(9-11(2)13(10)15)16-17(6,7)14(3,4)5;1-2/h8-9H,1-7H3;1-2H3. The number of aryl methyl sites for hydroxylation is 2. The second-order valence-electron chi connectivity index (χ2n) is 6.23. The third-order valence-corrected chi connectivity index (χ3v) is 9.20. The summed E-state index contributed by atoms with van der Waals surface area (Å²) in [6.07, 6.45) is 0. The summed E-state index contributed by atoms with van der Waals surface area (Å²) >= 11 is 3.59. The molecule has 0 saturated heterocycles. The Hall–Kier alpha value is -0.283. The van der Waals surface area contributed by atoms with Crippen molar-refractivity contribution in [1.82, 2.24) is 0 Å². The van der Waals surface area contributed by atoms with E-state index >= 15 is 0 Å². The van der Waals surface area contributed by atoms with E-state index in [1.165, 1.54) is 15.6 Å². The normalized spacial score (nSPS) is 11.7. The summed E-state index contributed by atoms with van der Waals surface area (Å²) in [5, 5.41) is 0.238. The average molecular weight is 345 g/mol. The lowest BCUT2D eigenvalue weighted by molar-refractivity contribution is 0.491. The molecule has 0 atom stereocenters. The van der Waals surface area contributed by atoms with Crippen LogP contribution in [0.4, 0.5) is 0 Å². The zero-order valence-corrected chi connectivity index (χ0v) is 16.5. The second kappa shape index (κ2) is 6.94. The molecule has 0 unspecified atom stereocenters. The van der Waals surface area contributed by atoms with Gasteiger partial charge >= 0.3 is 0 Å². The molecule has 0 aromatic heterocycles. The number of hydrogen-bond donors (Lipinski definition) is 0. The van der Waals surface area contributed by atoms with E-state index in [2.05, 4.69) is 75.8 Å². The number of hydrogen-bond acceptors (Lipinski definition) is 1. The van der Waals surface area contributed by atoms with Gasteiger partial charge in [0.2, 0.25) is 8.32 Å². The molecular formula is C16H29BrOSi. The maximum absolute atomic E-state index is 6.30. The van der Waals surface area contributed by atoms with Crippen LogP contribution in [-0.4, -0.2) is 8.32 Å². The highest BCUT2D eigenvalue weighted by Crippen LogP contribution is 2.38. The Balaban J connectivity index is 0.00000154. The van der Waals surface area contributed by atoms with Gasteiger partial charge in [-0.05, 0) is 55.2 Å². The fraction of sp³-hybridized carbons (Fsp3) is 0.625. The van der Waals surface area contributed by atoms with Crippen molar-refractivity contribution >= 4 is 24.2 Å². The molecule has 1 aromatic rings. The van der Waals surface area contributed by atoms with E-state index in [-0.39, 0.29) is 5.04 Å². The van der Waals surface area contributed by atoms with Crippen LogP contribution in [0, 0.1) is 13.8 Å². The van der Waals surface area contributed by atoms with Crippen molar-refractivity contribution in [3.05, 3.63) is 27.7 Å². The van der Waals surface area contributed by atoms with Gasteiger partial charge in [0.25, 0.3) is 0 Å². The molecule has 0 aliphatic carbocycles. The lowest BCUT2D eigenvalue weighted by Gasteiger charge is -2.36. The van der Waals surface area contributed by atoms with Crippen LogP contribution >= 0.6 is 15.9 Å². The van der Waals surface area contributed by atoms with E-state index in [1.807, 2.05) is 13.8 Å². The molecule has 1 aromatic carbocycles. The highest BCUT2D eigenvalue weighted by molar-refractivity contribution is 9.10. The molecule has 110 valence electrons. The Morgan fingerprint density at radius 1 is 1.00 bits per heavy atom. The summed E-state index contributed by atoms with van der Waals surface area (Å²) in [5.41, 5.74) is 2.47. The van der Waals surface area contributed by atoms with Gasteiger partial charge in [-0.15, -0.1) is 0 Å². The molecule has 0 heterocycles. The van der Waals surface area contributed by atoms with Gasteiger partial charge in [-0.3, -0.25) is 0 Å². The first-order valence-corrected chi connectivity index (χ1v) is 10.7. The Labute approximate surface area is 129 Å². The minimum Gasteiger partial charge on any atom is -0.543 e. The van der Waals surface area contributed by atoms with Gasteiger partial charge in [0.15, 0.2) is 0 Å². The summed E-state index contributed by atoms with van der Waals surface area (Å²) in [5.74, 6) is 1.01. The maximum Gasteiger partial charge on any atom is 0.250 e. The van der Waals surface area contributed by atoms with Crippen molar-refractivity contribution in [3.63, 3.8) is 0 Å². The molecule has 0 radical (unpaired) electrons. The first-order chi connectivity index (χ1) is 8.54. The van der Waals surface area contributed by atoms with Gasteiger partial charge in [0.1, 0.15) is 5.75 Å². The van der Waals surface area contributed by atoms with Crippen LogP contribution < -0.4 is 4.43 Å². The van der Waals surface area contributed by atoms with E-state index in [0.717, 1.165) is 5.75 Å². The van der Waals surface area contributed by atoms with E-state index in [4.69, 9.17) is 4.43 Å². The smallest absolute Gasteiger partial charge is 0.250 e. The molecule has 0 aliphatic rings. The fourth-order valence-electron chi connectivity index (χ4n) is 1.41. The molecule has 0 fully saturated rings. The minimum atomic E-state index is -1.72. The molecule has 0 bridgehead atoms. The van der Waals surface area contributed by atoms with Crippen molar-refractivity contribution in [1.29, 1.82) is 0 Å². The number of halogens is 1. The Morgan fingerprint density at radius 3 is 1.68 bits per heavy atom. The van der Waals surface area contributed by atoms with Gasteiger partial charge in [-0.1, -0.05) is 50.5 Å². The SMILES string of the molecule is CC.Cc1cc(O[Si](C)(C)C(C)(C)C)cc(C)c1Br. The van der Waals surface area contributed by atoms with Gasteiger partial charge in [0, 0.05) is 4.47 Å². The summed E-state index contributed by atoms with van der Waals surface area (Å²) in [6, 6.07) is 4.25. The summed E-state index contributed by atoms with van der Waals surface area (Å²) in [7, 11) is -1.72. The van der Waals surface area contributed by atoms with Crippen LogP contribution in [0.2, 0.25) is 18.1 Å². The summed E-state index contributed by atoms with van der Waals surface area (Å²) in [6.45, 7) is 19.6. The molecule has 1 nitrogen and oxygen atoms in total. The van der Waals surface area contributed by atoms with Crippen molar-refractivity contribution in [2.24, 2.45) is 0 Å². The molecule has 0 saturated carbocycles. The summed E-state index contributed by atoms with van der Waals surface area (Å²) in [4.78, 5) is 0. The van der Waals surface area contributed by atoms with E-state index in [0.29, 0.717) is 0 Å². The lowest BCUT2D eigenvalue weighted by atomic mass is 10.1. The van der Waals surface area contributed by atoms with Gasteiger partial charge in [0.05, 0.1) is 0 Å². The Kier molecular flexibility index (Phi) is 6.83. The molecule has 3 heteroatoms. The fourth-order valence-corrected chi connectivity index (χ4v) is 2.66. The van der Waals surface area contributed by atoms with Crippen molar-refractivity contribution in [2.45, 2.75) is 66.6 Å². The molecular weight excluding hydrogens is 316 g/mol. The zero-order chi connectivity index (χ0) is 15.4. The molecule has 0 amide bonds. The Bertz CT molecular complexity index is 396. The van der Waals surface area contributed by atoms with Gasteiger partial charge in [-0.2, -0.15) is 0 Å². The molecule has 0 N–H and O–H groups in total. The molecule has 0 spiro atoms. The molecule has 19 heavy (non-hydrogen) atoms. The molecule has 0 aliphatic heterocycles. The first kappa shape index (κ1) is 18.7. The van der Waals surface area contributed by atoms with E-state index in [1.54, 1.807) is 0 Å². The molecule has 1 rings (SSSR count). The zero-order valence-electron chi connectivity index (χ0n) is 13.9. The van der Waals surface area contributed by atoms with Crippen LogP contribution in [0.3, 0.4) is 0 Å². The van der Waals surface area contributed by atoms with Crippen molar-refractivity contribution in [3.8, 4) is 5.75 Å². The topological polar surface area (TPSA) is 9.23 Å². The average Bonchev–Trinajstić information content (AvgIpc) is 2.26. The quantitative estimate of drug-likeness (QED) is 0.558. The van der Waals surface area contributed by atoms with Crippen molar-refractivity contribution in [2.75, 3.05) is 0 Å². The highest BCUT2D eigenvalue weighted by Gasteiger charge is 2.39. The van der Waals surface area contributed by atoms with E-state index in [9.17, 15) is 0 Å². The first-order valence-electron chi connectivity index (χ1n) is 7.00. The third kappa shape index (κ3) is 4.96. The Morgan fingerprint density at radius 2 is 1.37 bits per heavy atom. The van der Waals surface area contributed by atoms with Gasteiger partial charge < -0.3 is 4.43 Å². The van der Waals surface area contributed by atoms with Gasteiger partial charge in [-0.25, -0.2) is 0 Å². The lowest BCUT2D eigenvalue weighted by Crippen LogP contribution is -2.43. The van der Waals surface area contributed by atoms with Crippen LogP contribution in [0.5, 0.6) is 5.75 Å². The van der Waals surface area contributed by atoms with Crippen LogP contribution in [-0.2, 0) is 0 Å². The van der Waals surface area contributed by atoms with Crippen molar-refractivity contribution < 1.29 is 4.43 Å². The number of rotatable bonds is 2. The minimum absolute atomic E-state index is 0.238. The maximum atomic E-state index is 6.30. The van der Waals surface area contributed by atoms with E-state index < -0.39 is 8.32 Å². The predicted molar refractivity (Wildman–Crippen MR) is 92.8 cm³/mol. The van der Waals surface area contributed by atoms with Crippen LogP contribution in [0.15, 0.2) is 16.6 Å². The largest absolute Gasteiger partial charge is 0.543 e. The van der Waals surface area contributed by atoms with Crippen LogP contribution in [0.1, 0.15) is 45.7 Å². The number of benzene rings is 1. The highest BCUT2D eigenvalue weighted by atomic mass is 79.9. The predicted octanol–water partition coefficient (Wildman–Crippen LogP) is 6.48. The second-order valence-corrected chi connectivity index (χ2v) is 11.8. The van der Waals surface area contributed by atoms with Crippen LogP contribution in [0.25, 0.3) is 0 Å². The monoisotopic (exact) mass is 344 g/mol.